The van der Waals surface area contributed by atoms with Gasteiger partial charge in [0.25, 0.3) is 0 Å². The molecule has 2 nitrogen and oxygen atoms in total. The van der Waals surface area contributed by atoms with E-state index < -0.39 is 12.6 Å². The largest absolute Gasteiger partial charge is 0.389 e. The number of hydrogen-bond donors (Lipinski definition) is 1. The van der Waals surface area contributed by atoms with Crippen molar-refractivity contribution in [1.29, 1.82) is 0 Å². The van der Waals surface area contributed by atoms with Gasteiger partial charge in [-0.3, -0.25) is 4.90 Å². The van der Waals surface area contributed by atoms with Gasteiger partial charge in [-0.2, -0.15) is 13.2 Å². The molecule has 1 aliphatic rings. The molecule has 0 spiro atoms. The fraction of sp³-hybridized carbons (Fsp3) is 0.571. The molecule has 0 saturated carbocycles. The lowest BCUT2D eigenvalue weighted by atomic mass is 9.91. The first-order valence-corrected chi connectivity index (χ1v) is 6.51. The number of halogens is 3. The van der Waals surface area contributed by atoms with Crippen LogP contribution in [0.5, 0.6) is 0 Å². The molecular weight excluding hydrogens is 253 g/mol. The molecule has 1 heterocycles. The molecule has 2 N–H and O–H groups in total. The zero-order valence-corrected chi connectivity index (χ0v) is 10.7. The van der Waals surface area contributed by atoms with Gasteiger partial charge in [0, 0.05) is 32.1 Å². The maximum Gasteiger partial charge on any atom is 0.389 e. The average Bonchev–Trinajstić information content (AvgIpc) is 2.26. The van der Waals surface area contributed by atoms with Crippen LogP contribution in [0, 0.1) is 5.92 Å². The second-order valence-electron chi connectivity index (χ2n) is 5.36. The van der Waals surface area contributed by atoms with Crippen molar-refractivity contribution in [3.8, 4) is 0 Å². The van der Waals surface area contributed by atoms with E-state index in [1.165, 1.54) is 0 Å². The van der Waals surface area contributed by atoms with Crippen LogP contribution in [0.1, 0.15) is 18.4 Å². The monoisotopic (exact) mass is 272 g/mol. The molecule has 106 valence electrons. The minimum Gasteiger partial charge on any atom is -0.327 e. The minimum absolute atomic E-state index is 0.162. The van der Waals surface area contributed by atoms with Crippen LogP contribution in [0.25, 0.3) is 0 Å². The Morgan fingerprint density at radius 2 is 1.84 bits per heavy atom. The first-order chi connectivity index (χ1) is 8.92. The Morgan fingerprint density at radius 1 is 1.16 bits per heavy atom. The zero-order chi connectivity index (χ0) is 13.9. The van der Waals surface area contributed by atoms with Gasteiger partial charge in [-0.25, -0.2) is 0 Å². The Kier molecular flexibility index (Phi) is 4.47. The number of piperidine rings is 1. The lowest BCUT2D eigenvalue weighted by molar-refractivity contribution is -0.148. The normalized spacial score (nSPS) is 25.5. The highest BCUT2D eigenvalue weighted by Crippen LogP contribution is 2.30. The summed E-state index contributed by atoms with van der Waals surface area (Å²) >= 11 is 0. The third-order valence-corrected chi connectivity index (χ3v) is 3.41. The zero-order valence-electron chi connectivity index (χ0n) is 10.7. The van der Waals surface area contributed by atoms with E-state index in [-0.39, 0.29) is 12.0 Å². The van der Waals surface area contributed by atoms with E-state index in [2.05, 4.69) is 0 Å². The Morgan fingerprint density at radius 3 is 2.47 bits per heavy atom. The third-order valence-electron chi connectivity index (χ3n) is 3.41. The molecule has 0 aliphatic carbocycles. The summed E-state index contributed by atoms with van der Waals surface area (Å²) in [5.41, 5.74) is 6.99. The summed E-state index contributed by atoms with van der Waals surface area (Å²) in [6.45, 7) is 1.81. The summed E-state index contributed by atoms with van der Waals surface area (Å²) in [5, 5.41) is 0. The molecular formula is C14H19F3N2. The molecule has 1 aromatic carbocycles. The molecule has 0 bridgehead atoms. The second kappa shape index (κ2) is 5.92. The van der Waals surface area contributed by atoms with E-state index in [1.807, 2.05) is 35.2 Å². The van der Waals surface area contributed by atoms with E-state index in [0.717, 1.165) is 5.56 Å². The molecule has 19 heavy (non-hydrogen) atoms. The van der Waals surface area contributed by atoms with Gasteiger partial charge in [-0.15, -0.1) is 0 Å². The number of rotatable bonds is 3. The Balaban J connectivity index is 1.94. The van der Waals surface area contributed by atoms with Crippen LogP contribution in [-0.2, 0) is 6.54 Å². The predicted molar refractivity (Wildman–Crippen MR) is 68.5 cm³/mol. The molecule has 5 heteroatoms. The van der Waals surface area contributed by atoms with E-state index >= 15 is 0 Å². The highest BCUT2D eigenvalue weighted by molar-refractivity contribution is 5.14. The quantitative estimate of drug-likeness (QED) is 0.916. The number of hydrogen-bond acceptors (Lipinski definition) is 2. The Hall–Kier alpha value is -1.07. The number of likely N-dealkylation sites (tertiary alicyclic amines) is 1. The fourth-order valence-electron chi connectivity index (χ4n) is 2.79. The van der Waals surface area contributed by atoms with Crippen LogP contribution in [0.2, 0.25) is 0 Å². The van der Waals surface area contributed by atoms with Crippen molar-refractivity contribution in [2.24, 2.45) is 11.7 Å². The van der Waals surface area contributed by atoms with Crippen molar-refractivity contribution in [1.82, 2.24) is 4.90 Å². The van der Waals surface area contributed by atoms with E-state index in [0.29, 0.717) is 26.1 Å². The lowest BCUT2D eigenvalue weighted by Gasteiger charge is -2.36. The van der Waals surface area contributed by atoms with E-state index in [1.54, 1.807) is 0 Å². The summed E-state index contributed by atoms with van der Waals surface area (Å²) in [7, 11) is 0. The van der Waals surface area contributed by atoms with Crippen LogP contribution in [0.4, 0.5) is 13.2 Å². The van der Waals surface area contributed by atoms with Crippen LogP contribution in [0.3, 0.4) is 0 Å². The lowest BCUT2D eigenvalue weighted by Crippen LogP contribution is -2.47. The summed E-state index contributed by atoms with van der Waals surface area (Å²) in [6, 6.07) is 9.61. The summed E-state index contributed by atoms with van der Waals surface area (Å²) in [6.07, 6.45) is -4.36. The summed E-state index contributed by atoms with van der Waals surface area (Å²) < 4.78 is 37.4. The van der Waals surface area contributed by atoms with Gasteiger partial charge in [-0.1, -0.05) is 30.3 Å². The molecule has 1 aromatic rings. The molecule has 0 radical (unpaired) electrons. The van der Waals surface area contributed by atoms with Crippen LogP contribution < -0.4 is 5.73 Å². The van der Waals surface area contributed by atoms with Gasteiger partial charge in [-0.05, 0) is 17.9 Å². The topological polar surface area (TPSA) is 29.3 Å². The van der Waals surface area contributed by atoms with Gasteiger partial charge >= 0.3 is 6.18 Å². The number of benzene rings is 1. The van der Waals surface area contributed by atoms with Crippen LogP contribution in [-0.4, -0.2) is 30.2 Å². The maximum absolute atomic E-state index is 12.5. The Bertz CT molecular complexity index is 391. The van der Waals surface area contributed by atoms with Gasteiger partial charge in [0.15, 0.2) is 0 Å². The first-order valence-electron chi connectivity index (χ1n) is 6.51. The molecule has 2 atom stereocenters. The molecule has 2 unspecified atom stereocenters. The van der Waals surface area contributed by atoms with Crippen molar-refractivity contribution in [3.63, 3.8) is 0 Å². The van der Waals surface area contributed by atoms with Crippen molar-refractivity contribution >= 4 is 0 Å². The molecule has 0 aromatic heterocycles. The predicted octanol–water partition coefficient (Wildman–Crippen LogP) is 2.79. The van der Waals surface area contributed by atoms with Crippen molar-refractivity contribution < 1.29 is 13.2 Å². The summed E-state index contributed by atoms with van der Waals surface area (Å²) in [5.74, 6) is -0.382. The molecule has 2 rings (SSSR count). The summed E-state index contributed by atoms with van der Waals surface area (Å²) in [4.78, 5) is 2.03. The van der Waals surface area contributed by atoms with Crippen LogP contribution >= 0.6 is 0 Å². The number of nitrogens with zero attached hydrogens (tertiary/aromatic N) is 1. The van der Waals surface area contributed by atoms with Gasteiger partial charge < -0.3 is 5.73 Å². The second-order valence-corrected chi connectivity index (χ2v) is 5.36. The minimum atomic E-state index is -4.10. The van der Waals surface area contributed by atoms with E-state index in [9.17, 15) is 13.2 Å². The van der Waals surface area contributed by atoms with Crippen molar-refractivity contribution in [2.75, 3.05) is 13.1 Å². The standard InChI is InChI=1S/C14H19F3N2/c15-14(16,17)7-12-6-13(18)10-19(9-12)8-11-4-2-1-3-5-11/h1-5,12-13H,6-10,18H2. The molecule has 1 fully saturated rings. The number of alkyl halides is 3. The third kappa shape index (κ3) is 4.84. The van der Waals surface area contributed by atoms with Gasteiger partial charge in [0.05, 0.1) is 0 Å². The van der Waals surface area contributed by atoms with Crippen LogP contribution in [0.15, 0.2) is 30.3 Å². The molecule has 1 aliphatic heterocycles. The van der Waals surface area contributed by atoms with E-state index in [4.69, 9.17) is 5.73 Å². The van der Waals surface area contributed by atoms with Gasteiger partial charge in [0.1, 0.15) is 0 Å². The fourth-order valence-corrected chi connectivity index (χ4v) is 2.79. The maximum atomic E-state index is 12.5. The Labute approximate surface area is 111 Å². The highest BCUT2D eigenvalue weighted by Gasteiger charge is 2.35. The highest BCUT2D eigenvalue weighted by atomic mass is 19.4. The van der Waals surface area contributed by atoms with Gasteiger partial charge in [0.2, 0.25) is 0 Å². The average molecular weight is 272 g/mol. The number of nitrogens with two attached hydrogens (primary N) is 1. The van der Waals surface area contributed by atoms with Crippen molar-refractivity contribution in [2.45, 2.75) is 31.6 Å². The van der Waals surface area contributed by atoms with Crippen molar-refractivity contribution in [3.05, 3.63) is 35.9 Å². The first kappa shape index (κ1) is 14.3. The smallest absolute Gasteiger partial charge is 0.327 e. The molecule has 1 saturated heterocycles. The SMILES string of the molecule is NC1CC(CC(F)(F)F)CN(Cc2ccccc2)C1. The molecule has 0 amide bonds.